The second-order valence-corrected chi connectivity index (χ2v) is 8.30. The van der Waals surface area contributed by atoms with Gasteiger partial charge in [-0.25, -0.2) is 0 Å². The van der Waals surface area contributed by atoms with Gasteiger partial charge in [-0.3, -0.25) is 9.59 Å². The van der Waals surface area contributed by atoms with Gasteiger partial charge < -0.3 is 10.6 Å². The third-order valence-electron chi connectivity index (χ3n) is 5.51. The van der Waals surface area contributed by atoms with Crippen LogP contribution in [-0.4, -0.2) is 24.4 Å². The number of amides is 2. The molecule has 1 aliphatic heterocycles. The van der Waals surface area contributed by atoms with Gasteiger partial charge >= 0.3 is 0 Å². The lowest BCUT2D eigenvalue weighted by Gasteiger charge is -2.15. The Balaban J connectivity index is 1.86. The number of nitrogens with one attached hydrogen (secondary N) is 2. The molecule has 0 aromatic rings. The van der Waals surface area contributed by atoms with Gasteiger partial charge in [0.15, 0.2) is 0 Å². The fraction of sp³-hybridized carbons (Fsp3) is 0.833. The van der Waals surface area contributed by atoms with E-state index in [1.807, 2.05) is 0 Å². The van der Waals surface area contributed by atoms with Gasteiger partial charge in [-0.05, 0) is 44.9 Å². The van der Waals surface area contributed by atoms with E-state index in [0.29, 0.717) is 12.8 Å². The average molecular weight is 393 g/mol. The zero-order chi connectivity index (χ0) is 20.3. The maximum absolute atomic E-state index is 12.0. The van der Waals surface area contributed by atoms with E-state index in [4.69, 9.17) is 0 Å². The molecule has 2 N–H and O–H groups in total. The largest absolute Gasteiger partial charge is 0.356 e. The van der Waals surface area contributed by atoms with Crippen LogP contribution in [0.3, 0.4) is 0 Å². The van der Waals surface area contributed by atoms with Crippen molar-refractivity contribution >= 4 is 11.8 Å². The van der Waals surface area contributed by atoms with Crippen LogP contribution in [-0.2, 0) is 9.59 Å². The number of unbranched alkanes of at least 4 members (excludes halogenated alkanes) is 11. The Morgan fingerprint density at radius 1 is 0.964 bits per heavy atom. The summed E-state index contributed by atoms with van der Waals surface area (Å²) < 4.78 is 0. The predicted molar refractivity (Wildman–Crippen MR) is 118 cm³/mol. The SMILES string of the molecule is CCCCCCCC/C=C\CCCCCCCC(=O)NC1CCCNC(=O)C1. The van der Waals surface area contributed by atoms with Crippen molar-refractivity contribution in [2.45, 2.75) is 122 Å². The van der Waals surface area contributed by atoms with Gasteiger partial charge in [-0.1, -0.05) is 70.4 Å². The van der Waals surface area contributed by atoms with Crippen LogP contribution in [0.4, 0.5) is 0 Å². The number of hydrogen-bond acceptors (Lipinski definition) is 2. The molecule has 0 saturated carbocycles. The van der Waals surface area contributed by atoms with Crippen LogP contribution in [0.5, 0.6) is 0 Å². The van der Waals surface area contributed by atoms with Crippen molar-refractivity contribution in [1.29, 1.82) is 0 Å². The van der Waals surface area contributed by atoms with E-state index in [-0.39, 0.29) is 17.9 Å². The molecule has 28 heavy (non-hydrogen) atoms. The molecule has 1 fully saturated rings. The van der Waals surface area contributed by atoms with Gasteiger partial charge in [0.2, 0.25) is 11.8 Å². The molecule has 1 heterocycles. The smallest absolute Gasteiger partial charge is 0.222 e. The molecule has 0 bridgehead atoms. The zero-order valence-corrected chi connectivity index (χ0v) is 18.3. The van der Waals surface area contributed by atoms with Crippen molar-refractivity contribution in [2.24, 2.45) is 0 Å². The molecule has 2 amide bonds. The molecule has 0 aromatic heterocycles. The molecule has 1 atom stereocenters. The van der Waals surface area contributed by atoms with E-state index in [0.717, 1.165) is 32.2 Å². The average Bonchev–Trinajstić information content (AvgIpc) is 2.88. The molecule has 0 aromatic carbocycles. The molecule has 4 nitrogen and oxygen atoms in total. The highest BCUT2D eigenvalue weighted by Gasteiger charge is 2.18. The summed E-state index contributed by atoms with van der Waals surface area (Å²) in [4.78, 5) is 23.5. The van der Waals surface area contributed by atoms with Gasteiger partial charge in [0, 0.05) is 25.4 Å². The minimum absolute atomic E-state index is 0.0260. The predicted octanol–water partition coefficient (Wildman–Crippen LogP) is 5.81. The van der Waals surface area contributed by atoms with Gasteiger partial charge in [0.05, 0.1) is 0 Å². The molecule has 0 radical (unpaired) electrons. The number of hydrogen-bond donors (Lipinski definition) is 2. The van der Waals surface area contributed by atoms with Crippen LogP contribution in [0, 0.1) is 0 Å². The summed E-state index contributed by atoms with van der Waals surface area (Å²) in [7, 11) is 0. The Morgan fingerprint density at radius 3 is 2.25 bits per heavy atom. The first-order valence-electron chi connectivity index (χ1n) is 11.9. The second kappa shape index (κ2) is 17.8. The highest BCUT2D eigenvalue weighted by molar-refractivity contribution is 5.79. The molecule has 1 rings (SSSR count). The van der Waals surface area contributed by atoms with E-state index in [9.17, 15) is 9.59 Å². The zero-order valence-electron chi connectivity index (χ0n) is 18.3. The highest BCUT2D eigenvalue weighted by Crippen LogP contribution is 2.11. The summed E-state index contributed by atoms with van der Waals surface area (Å²) in [6.07, 6.45) is 24.1. The number of carbonyl (C=O) groups is 2. The minimum atomic E-state index is 0.0260. The Labute approximate surface area is 173 Å². The first-order valence-corrected chi connectivity index (χ1v) is 11.9. The monoisotopic (exact) mass is 392 g/mol. The lowest BCUT2D eigenvalue weighted by molar-refractivity contribution is -0.123. The molecular weight excluding hydrogens is 348 g/mol. The number of allylic oxidation sites excluding steroid dienone is 2. The Bertz CT molecular complexity index is 434. The van der Waals surface area contributed by atoms with Crippen molar-refractivity contribution in [1.82, 2.24) is 10.6 Å². The molecule has 4 heteroatoms. The summed E-state index contributed by atoms with van der Waals surface area (Å²) in [5.74, 6) is 0.168. The molecular formula is C24H44N2O2. The van der Waals surface area contributed by atoms with Gasteiger partial charge in [-0.2, -0.15) is 0 Å². The van der Waals surface area contributed by atoms with Crippen molar-refractivity contribution in [3.05, 3.63) is 12.2 Å². The van der Waals surface area contributed by atoms with E-state index >= 15 is 0 Å². The second-order valence-electron chi connectivity index (χ2n) is 8.30. The third-order valence-corrected chi connectivity index (χ3v) is 5.51. The van der Waals surface area contributed by atoms with E-state index < -0.39 is 0 Å². The first kappa shape index (κ1) is 24.7. The van der Waals surface area contributed by atoms with Crippen LogP contribution in [0.1, 0.15) is 116 Å². The van der Waals surface area contributed by atoms with E-state index in [1.54, 1.807) is 0 Å². The fourth-order valence-corrected chi connectivity index (χ4v) is 3.75. The third kappa shape index (κ3) is 14.7. The molecule has 162 valence electrons. The summed E-state index contributed by atoms with van der Waals surface area (Å²) >= 11 is 0. The Morgan fingerprint density at radius 2 is 1.57 bits per heavy atom. The van der Waals surface area contributed by atoms with Crippen molar-refractivity contribution in [3.8, 4) is 0 Å². The quantitative estimate of drug-likeness (QED) is 0.257. The van der Waals surface area contributed by atoms with Crippen LogP contribution < -0.4 is 10.6 Å². The number of rotatable bonds is 16. The molecule has 1 unspecified atom stereocenters. The first-order chi connectivity index (χ1) is 13.7. The van der Waals surface area contributed by atoms with Crippen molar-refractivity contribution in [2.75, 3.05) is 6.54 Å². The Kier molecular flexibility index (Phi) is 15.7. The lowest BCUT2D eigenvalue weighted by Crippen LogP contribution is -2.36. The number of carbonyl (C=O) groups excluding carboxylic acids is 2. The molecule has 0 spiro atoms. The fourth-order valence-electron chi connectivity index (χ4n) is 3.75. The summed E-state index contributed by atoms with van der Waals surface area (Å²) in [6.45, 7) is 3.00. The topological polar surface area (TPSA) is 58.2 Å². The lowest BCUT2D eigenvalue weighted by atomic mass is 10.1. The summed E-state index contributed by atoms with van der Waals surface area (Å²) in [5, 5.41) is 5.88. The maximum atomic E-state index is 12.0. The van der Waals surface area contributed by atoms with Gasteiger partial charge in [0.1, 0.15) is 0 Å². The van der Waals surface area contributed by atoms with Gasteiger partial charge in [-0.15, -0.1) is 0 Å². The van der Waals surface area contributed by atoms with Crippen LogP contribution in [0.25, 0.3) is 0 Å². The minimum Gasteiger partial charge on any atom is -0.356 e. The van der Waals surface area contributed by atoms with Crippen molar-refractivity contribution in [3.63, 3.8) is 0 Å². The maximum Gasteiger partial charge on any atom is 0.222 e. The molecule has 1 aliphatic rings. The highest BCUT2D eigenvalue weighted by atomic mass is 16.2. The normalized spacial score (nSPS) is 17.5. The van der Waals surface area contributed by atoms with Crippen molar-refractivity contribution < 1.29 is 9.59 Å². The van der Waals surface area contributed by atoms with E-state index in [2.05, 4.69) is 29.7 Å². The standard InChI is InChI=1S/C24H44N2O2/c1-2-3-4-5-6-7-8-9-10-11-12-13-14-15-16-19-23(27)26-22-18-17-20-25-24(28)21-22/h9-10,22H,2-8,11-21H2,1H3,(H,25,28)(H,26,27)/b10-9-. The van der Waals surface area contributed by atoms with Crippen LogP contribution >= 0.6 is 0 Å². The van der Waals surface area contributed by atoms with Crippen LogP contribution in [0.15, 0.2) is 12.2 Å². The van der Waals surface area contributed by atoms with Crippen LogP contribution in [0.2, 0.25) is 0 Å². The summed E-state index contributed by atoms with van der Waals surface area (Å²) in [6, 6.07) is 0.0260. The van der Waals surface area contributed by atoms with Gasteiger partial charge in [0.25, 0.3) is 0 Å². The molecule has 0 aliphatic carbocycles. The molecule has 1 saturated heterocycles. The van der Waals surface area contributed by atoms with E-state index in [1.165, 1.54) is 70.6 Å². The Hall–Kier alpha value is -1.32. The summed E-state index contributed by atoms with van der Waals surface area (Å²) in [5.41, 5.74) is 0.